The second-order valence-corrected chi connectivity index (χ2v) is 5.29. The Labute approximate surface area is 121 Å². The van der Waals surface area contributed by atoms with Crippen LogP contribution in [0.4, 0.5) is 0 Å². The molecule has 2 rings (SSSR count). The first kappa shape index (κ1) is 13.8. The van der Waals surface area contributed by atoms with E-state index in [4.69, 9.17) is 4.74 Å². The Morgan fingerprint density at radius 3 is 2.47 bits per heavy atom. The second-order valence-electron chi connectivity index (χ2n) is 4.43. The molecule has 0 spiro atoms. The van der Waals surface area contributed by atoms with Gasteiger partial charge in [-0.1, -0.05) is 39.7 Å². The molecule has 19 heavy (non-hydrogen) atoms. The Morgan fingerprint density at radius 1 is 1.16 bits per heavy atom. The molecule has 0 saturated carbocycles. The molecule has 0 saturated heterocycles. The molecule has 0 N–H and O–H groups in total. The first-order valence-corrected chi connectivity index (χ1v) is 6.81. The van der Waals surface area contributed by atoms with Crippen molar-refractivity contribution in [3.05, 3.63) is 63.6 Å². The summed E-state index contributed by atoms with van der Waals surface area (Å²) in [5, 5.41) is 0. The Bertz CT molecular complexity index is 588. The van der Waals surface area contributed by atoms with Gasteiger partial charge in [-0.05, 0) is 36.8 Å². The lowest BCUT2D eigenvalue weighted by Gasteiger charge is -2.06. The van der Waals surface area contributed by atoms with E-state index in [2.05, 4.69) is 15.9 Å². The molecule has 0 bridgehead atoms. The predicted octanol–water partition coefficient (Wildman–Crippen LogP) is 4.19. The van der Waals surface area contributed by atoms with E-state index in [1.165, 1.54) is 0 Å². The summed E-state index contributed by atoms with van der Waals surface area (Å²) >= 11 is 3.43. The SMILES string of the molecule is COc1ccc(CC(=O)c2cc(C)ccc2Br)cc1. The number of ether oxygens (including phenoxy) is 1. The van der Waals surface area contributed by atoms with E-state index in [-0.39, 0.29) is 5.78 Å². The first-order chi connectivity index (χ1) is 9.10. The van der Waals surface area contributed by atoms with E-state index >= 15 is 0 Å². The average Bonchev–Trinajstić information content (AvgIpc) is 2.42. The molecule has 0 aliphatic carbocycles. The van der Waals surface area contributed by atoms with Gasteiger partial charge in [0.1, 0.15) is 5.75 Å². The van der Waals surface area contributed by atoms with Crippen LogP contribution in [0.5, 0.6) is 5.75 Å². The van der Waals surface area contributed by atoms with Gasteiger partial charge < -0.3 is 4.74 Å². The van der Waals surface area contributed by atoms with Gasteiger partial charge in [0.15, 0.2) is 5.78 Å². The fourth-order valence-electron chi connectivity index (χ4n) is 1.88. The topological polar surface area (TPSA) is 26.3 Å². The van der Waals surface area contributed by atoms with Crippen molar-refractivity contribution >= 4 is 21.7 Å². The van der Waals surface area contributed by atoms with E-state index in [1.807, 2.05) is 49.4 Å². The number of hydrogen-bond acceptors (Lipinski definition) is 2. The van der Waals surface area contributed by atoms with E-state index < -0.39 is 0 Å². The molecule has 0 aliphatic heterocycles. The molecular formula is C16H15BrO2. The Morgan fingerprint density at radius 2 is 1.84 bits per heavy atom. The summed E-state index contributed by atoms with van der Waals surface area (Å²) in [6.45, 7) is 1.98. The highest BCUT2D eigenvalue weighted by Gasteiger charge is 2.11. The van der Waals surface area contributed by atoms with Gasteiger partial charge in [0, 0.05) is 16.5 Å². The molecule has 2 aromatic carbocycles. The van der Waals surface area contributed by atoms with Gasteiger partial charge in [0.05, 0.1) is 7.11 Å². The van der Waals surface area contributed by atoms with Crippen molar-refractivity contribution in [2.75, 3.05) is 7.11 Å². The van der Waals surface area contributed by atoms with Crippen molar-refractivity contribution in [2.45, 2.75) is 13.3 Å². The fraction of sp³-hybridized carbons (Fsp3) is 0.188. The Kier molecular flexibility index (Phi) is 4.38. The van der Waals surface area contributed by atoms with Crippen molar-refractivity contribution in [1.29, 1.82) is 0 Å². The lowest BCUT2D eigenvalue weighted by atomic mass is 10.0. The molecule has 0 atom stereocenters. The molecule has 98 valence electrons. The number of Topliss-reactive ketones (excluding diaryl/α,β-unsaturated/α-hetero) is 1. The summed E-state index contributed by atoms with van der Waals surface area (Å²) in [5.74, 6) is 0.911. The largest absolute Gasteiger partial charge is 0.497 e. The number of halogens is 1. The molecule has 3 heteroatoms. The molecule has 2 nitrogen and oxygen atoms in total. The van der Waals surface area contributed by atoms with Crippen LogP contribution < -0.4 is 4.74 Å². The number of benzene rings is 2. The third kappa shape index (κ3) is 3.44. The zero-order valence-corrected chi connectivity index (χ0v) is 12.5. The number of carbonyl (C=O) groups is 1. The number of carbonyl (C=O) groups excluding carboxylic acids is 1. The molecule has 0 heterocycles. The molecule has 0 fully saturated rings. The Balaban J connectivity index is 2.18. The summed E-state index contributed by atoms with van der Waals surface area (Å²) in [4.78, 5) is 12.3. The number of hydrogen-bond donors (Lipinski definition) is 0. The van der Waals surface area contributed by atoms with Crippen LogP contribution in [-0.2, 0) is 6.42 Å². The predicted molar refractivity (Wildman–Crippen MR) is 79.9 cm³/mol. The molecule has 0 aromatic heterocycles. The molecule has 0 aliphatic rings. The van der Waals surface area contributed by atoms with Crippen LogP contribution in [0.15, 0.2) is 46.9 Å². The highest BCUT2D eigenvalue weighted by atomic mass is 79.9. The van der Waals surface area contributed by atoms with Gasteiger partial charge in [-0.15, -0.1) is 0 Å². The third-order valence-corrected chi connectivity index (χ3v) is 3.64. The van der Waals surface area contributed by atoms with Crippen molar-refractivity contribution < 1.29 is 9.53 Å². The molecule has 2 aromatic rings. The van der Waals surface area contributed by atoms with Crippen LogP contribution in [0.2, 0.25) is 0 Å². The number of ketones is 1. The molecule has 0 amide bonds. The van der Waals surface area contributed by atoms with Crippen molar-refractivity contribution in [3.8, 4) is 5.75 Å². The Hall–Kier alpha value is -1.61. The van der Waals surface area contributed by atoms with Gasteiger partial charge in [0.2, 0.25) is 0 Å². The number of aryl methyl sites for hydroxylation is 1. The normalized spacial score (nSPS) is 10.3. The lowest BCUT2D eigenvalue weighted by Crippen LogP contribution is -2.04. The number of methoxy groups -OCH3 is 1. The standard InChI is InChI=1S/C16H15BrO2/c1-11-3-8-15(17)14(9-11)16(18)10-12-4-6-13(19-2)7-5-12/h3-9H,10H2,1-2H3. The van der Waals surface area contributed by atoms with Gasteiger partial charge in [-0.2, -0.15) is 0 Å². The van der Waals surface area contributed by atoms with E-state index in [0.717, 1.165) is 26.9 Å². The smallest absolute Gasteiger partial charge is 0.168 e. The molecule has 0 unspecified atom stereocenters. The van der Waals surface area contributed by atoms with E-state index in [1.54, 1.807) is 7.11 Å². The monoisotopic (exact) mass is 318 g/mol. The minimum Gasteiger partial charge on any atom is -0.497 e. The van der Waals surface area contributed by atoms with E-state index in [9.17, 15) is 4.79 Å². The van der Waals surface area contributed by atoms with E-state index in [0.29, 0.717) is 6.42 Å². The maximum Gasteiger partial charge on any atom is 0.168 e. The van der Waals surface area contributed by atoms with Crippen LogP contribution in [0.3, 0.4) is 0 Å². The van der Waals surface area contributed by atoms with Gasteiger partial charge in [-0.3, -0.25) is 4.79 Å². The van der Waals surface area contributed by atoms with Crippen LogP contribution in [0, 0.1) is 6.92 Å². The fourth-order valence-corrected chi connectivity index (χ4v) is 2.34. The minimum absolute atomic E-state index is 0.112. The van der Waals surface area contributed by atoms with Crippen LogP contribution in [0.25, 0.3) is 0 Å². The van der Waals surface area contributed by atoms with Crippen molar-refractivity contribution in [2.24, 2.45) is 0 Å². The molecular weight excluding hydrogens is 304 g/mol. The van der Waals surface area contributed by atoms with Gasteiger partial charge in [-0.25, -0.2) is 0 Å². The van der Waals surface area contributed by atoms with Crippen molar-refractivity contribution in [1.82, 2.24) is 0 Å². The zero-order chi connectivity index (χ0) is 13.8. The summed E-state index contributed by atoms with van der Waals surface area (Å²) in [6.07, 6.45) is 0.395. The maximum atomic E-state index is 12.3. The van der Waals surface area contributed by atoms with Crippen molar-refractivity contribution in [3.63, 3.8) is 0 Å². The van der Waals surface area contributed by atoms with Crippen LogP contribution in [-0.4, -0.2) is 12.9 Å². The molecule has 0 radical (unpaired) electrons. The van der Waals surface area contributed by atoms with Crippen LogP contribution in [0.1, 0.15) is 21.5 Å². The summed E-state index contributed by atoms with van der Waals surface area (Å²) in [6, 6.07) is 13.4. The number of rotatable bonds is 4. The summed E-state index contributed by atoms with van der Waals surface area (Å²) in [5.41, 5.74) is 2.80. The van der Waals surface area contributed by atoms with Gasteiger partial charge in [0.25, 0.3) is 0 Å². The van der Waals surface area contributed by atoms with Crippen LogP contribution >= 0.6 is 15.9 Å². The highest BCUT2D eigenvalue weighted by Crippen LogP contribution is 2.21. The zero-order valence-electron chi connectivity index (χ0n) is 10.9. The lowest BCUT2D eigenvalue weighted by molar-refractivity contribution is 0.0992. The quantitative estimate of drug-likeness (QED) is 0.790. The second kappa shape index (κ2) is 6.02. The maximum absolute atomic E-state index is 12.3. The minimum atomic E-state index is 0.112. The first-order valence-electron chi connectivity index (χ1n) is 6.02. The third-order valence-electron chi connectivity index (χ3n) is 2.95. The average molecular weight is 319 g/mol. The summed E-state index contributed by atoms with van der Waals surface area (Å²) in [7, 11) is 1.63. The summed E-state index contributed by atoms with van der Waals surface area (Å²) < 4.78 is 5.95. The highest BCUT2D eigenvalue weighted by molar-refractivity contribution is 9.10. The van der Waals surface area contributed by atoms with Gasteiger partial charge >= 0.3 is 0 Å².